The number of likely N-dealkylation sites (tertiary alicyclic amines) is 1. The molecule has 1 fully saturated rings. The topological polar surface area (TPSA) is 86.8 Å². The largest absolute Gasteiger partial charge is 0.507 e. The number of carbonyl (C=O) groups is 1. The van der Waals surface area contributed by atoms with Crippen molar-refractivity contribution in [3.63, 3.8) is 0 Å². The van der Waals surface area contributed by atoms with Crippen LogP contribution in [0.15, 0.2) is 42.5 Å². The number of piperidine rings is 1. The predicted molar refractivity (Wildman–Crippen MR) is 111 cm³/mol. The number of aryl methyl sites for hydroxylation is 1. The van der Waals surface area contributed by atoms with Gasteiger partial charge in [0, 0.05) is 31.3 Å². The van der Waals surface area contributed by atoms with E-state index in [9.17, 15) is 15.0 Å². The molecule has 1 saturated heterocycles. The number of nitrogens with zero attached hydrogens (tertiary/aromatic N) is 1. The van der Waals surface area contributed by atoms with Crippen LogP contribution < -0.4 is 5.73 Å². The lowest BCUT2D eigenvalue weighted by atomic mass is 9.88. The summed E-state index contributed by atoms with van der Waals surface area (Å²) in [4.78, 5) is 14.4. The van der Waals surface area contributed by atoms with Gasteiger partial charge < -0.3 is 20.8 Å². The number of rotatable bonds is 5. The Morgan fingerprint density at radius 3 is 2.68 bits per heavy atom. The van der Waals surface area contributed by atoms with Crippen molar-refractivity contribution < 1.29 is 15.0 Å². The smallest absolute Gasteiger partial charge is 0.246 e. The number of hydrogen-bond acceptors (Lipinski definition) is 4. The number of benzene rings is 2. The van der Waals surface area contributed by atoms with Gasteiger partial charge in [0.15, 0.2) is 0 Å². The second-order valence-corrected chi connectivity index (χ2v) is 7.39. The molecule has 0 saturated carbocycles. The molecule has 28 heavy (non-hydrogen) atoms. The SMILES string of the molecule is Cc1cc(/C=C/C(=O)N2CCC(c3cccc(CN)c3)CC2)cc(CO)c1O. The third kappa shape index (κ3) is 4.61. The fourth-order valence-electron chi connectivity index (χ4n) is 3.78. The number of aromatic hydroxyl groups is 1. The van der Waals surface area contributed by atoms with E-state index in [2.05, 4.69) is 18.2 Å². The fraction of sp³-hybridized carbons (Fsp3) is 0.348. The lowest BCUT2D eigenvalue weighted by molar-refractivity contribution is -0.126. The van der Waals surface area contributed by atoms with Crippen molar-refractivity contribution in [2.75, 3.05) is 13.1 Å². The zero-order valence-corrected chi connectivity index (χ0v) is 16.3. The first-order chi connectivity index (χ1) is 13.5. The van der Waals surface area contributed by atoms with Gasteiger partial charge in [0.25, 0.3) is 0 Å². The summed E-state index contributed by atoms with van der Waals surface area (Å²) < 4.78 is 0. The number of amides is 1. The van der Waals surface area contributed by atoms with Gasteiger partial charge in [-0.05, 0) is 66.1 Å². The van der Waals surface area contributed by atoms with Crippen LogP contribution in [0.5, 0.6) is 5.75 Å². The van der Waals surface area contributed by atoms with Gasteiger partial charge in [-0.15, -0.1) is 0 Å². The minimum Gasteiger partial charge on any atom is -0.507 e. The van der Waals surface area contributed by atoms with Gasteiger partial charge in [0.2, 0.25) is 5.91 Å². The monoisotopic (exact) mass is 380 g/mol. The van der Waals surface area contributed by atoms with E-state index in [4.69, 9.17) is 5.73 Å². The third-order valence-electron chi connectivity index (χ3n) is 5.46. The number of nitrogens with two attached hydrogens (primary N) is 1. The van der Waals surface area contributed by atoms with Gasteiger partial charge in [-0.1, -0.05) is 24.3 Å². The minimum absolute atomic E-state index is 0.00886. The summed E-state index contributed by atoms with van der Waals surface area (Å²) >= 11 is 0. The van der Waals surface area contributed by atoms with E-state index < -0.39 is 0 Å². The maximum absolute atomic E-state index is 12.5. The summed E-state index contributed by atoms with van der Waals surface area (Å²) in [5.41, 5.74) is 10.1. The summed E-state index contributed by atoms with van der Waals surface area (Å²) in [6.07, 6.45) is 5.20. The van der Waals surface area contributed by atoms with E-state index in [0.717, 1.165) is 37.1 Å². The Kier molecular flexibility index (Phi) is 6.49. The highest BCUT2D eigenvalue weighted by molar-refractivity contribution is 5.92. The first-order valence-corrected chi connectivity index (χ1v) is 9.71. The summed E-state index contributed by atoms with van der Waals surface area (Å²) in [6.45, 7) is 3.55. The van der Waals surface area contributed by atoms with Crippen LogP contribution in [0.25, 0.3) is 6.08 Å². The highest BCUT2D eigenvalue weighted by Crippen LogP contribution is 2.29. The van der Waals surface area contributed by atoms with Crippen LogP contribution in [-0.4, -0.2) is 34.1 Å². The first-order valence-electron chi connectivity index (χ1n) is 9.71. The van der Waals surface area contributed by atoms with Crippen molar-refractivity contribution in [1.29, 1.82) is 0 Å². The predicted octanol–water partition coefficient (Wildman–Crippen LogP) is 3.07. The Morgan fingerprint density at radius 1 is 1.25 bits per heavy atom. The summed E-state index contributed by atoms with van der Waals surface area (Å²) in [7, 11) is 0. The Bertz CT molecular complexity index is 868. The molecular weight excluding hydrogens is 352 g/mol. The van der Waals surface area contributed by atoms with Crippen molar-refractivity contribution >= 4 is 12.0 Å². The van der Waals surface area contributed by atoms with Crippen molar-refractivity contribution in [3.05, 3.63) is 70.3 Å². The van der Waals surface area contributed by atoms with Crippen molar-refractivity contribution in [3.8, 4) is 5.75 Å². The maximum atomic E-state index is 12.5. The van der Waals surface area contributed by atoms with Crippen LogP contribution in [0.4, 0.5) is 0 Å². The average molecular weight is 380 g/mol. The molecule has 0 atom stereocenters. The van der Waals surface area contributed by atoms with E-state index >= 15 is 0 Å². The Labute approximate surface area is 166 Å². The molecule has 0 unspecified atom stereocenters. The van der Waals surface area contributed by atoms with Crippen LogP contribution in [-0.2, 0) is 17.9 Å². The number of aliphatic hydroxyl groups is 1. The van der Waals surface area contributed by atoms with E-state index in [-0.39, 0.29) is 18.3 Å². The quantitative estimate of drug-likeness (QED) is 0.696. The molecule has 1 heterocycles. The number of phenols is 1. The van der Waals surface area contributed by atoms with Crippen molar-refractivity contribution in [2.45, 2.75) is 38.8 Å². The van der Waals surface area contributed by atoms with Gasteiger partial charge in [-0.3, -0.25) is 4.79 Å². The summed E-state index contributed by atoms with van der Waals surface area (Å²) in [5.74, 6) is 0.559. The molecule has 4 N–H and O–H groups in total. The molecule has 1 aliphatic rings. The molecule has 1 aliphatic heterocycles. The molecule has 3 rings (SSSR count). The second-order valence-electron chi connectivity index (χ2n) is 7.39. The molecule has 1 amide bonds. The van der Waals surface area contributed by atoms with Crippen LogP contribution in [0.1, 0.15) is 46.6 Å². The zero-order valence-electron chi connectivity index (χ0n) is 16.3. The van der Waals surface area contributed by atoms with Crippen LogP contribution >= 0.6 is 0 Å². The lowest BCUT2D eigenvalue weighted by Crippen LogP contribution is -2.36. The van der Waals surface area contributed by atoms with Crippen LogP contribution in [0, 0.1) is 6.92 Å². The number of hydrogen-bond donors (Lipinski definition) is 3. The van der Waals surface area contributed by atoms with E-state index in [1.807, 2.05) is 11.0 Å². The van der Waals surface area contributed by atoms with Gasteiger partial charge in [0.1, 0.15) is 5.75 Å². The van der Waals surface area contributed by atoms with Gasteiger partial charge in [0.05, 0.1) is 6.61 Å². The molecule has 5 nitrogen and oxygen atoms in total. The minimum atomic E-state index is -0.235. The highest BCUT2D eigenvalue weighted by Gasteiger charge is 2.22. The third-order valence-corrected chi connectivity index (χ3v) is 5.46. The van der Waals surface area contributed by atoms with Crippen molar-refractivity contribution in [1.82, 2.24) is 4.90 Å². The first kappa shape index (κ1) is 20.1. The Hall–Kier alpha value is -2.63. The molecule has 0 aromatic heterocycles. The van der Waals surface area contributed by atoms with E-state index in [1.165, 1.54) is 5.56 Å². The molecule has 0 spiro atoms. The van der Waals surface area contributed by atoms with E-state index in [1.54, 1.807) is 31.2 Å². The van der Waals surface area contributed by atoms with Gasteiger partial charge in [-0.25, -0.2) is 0 Å². The molecule has 0 bridgehead atoms. The van der Waals surface area contributed by atoms with Crippen molar-refractivity contribution in [2.24, 2.45) is 5.73 Å². The van der Waals surface area contributed by atoms with E-state index in [0.29, 0.717) is 23.6 Å². The Morgan fingerprint density at radius 2 is 2.00 bits per heavy atom. The lowest BCUT2D eigenvalue weighted by Gasteiger charge is -2.31. The highest BCUT2D eigenvalue weighted by atomic mass is 16.3. The normalized spacial score (nSPS) is 15.3. The summed E-state index contributed by atoms with van der Waals surface area (Å²) in [6, 6.07) is 11.9. The molecular formula is C23H28N2O3. The van der Waals surface area contributed by atoms with Crippen LogP contribution in [0.2, 0.25) is 0 Å². The van der Waals surface area contributed by atoms with Crippen LogP contribution in [0.3, 0.4) is 0 Å². The molecule has 2 aromatic rings. The molecule has 2 aromatic carbocycles. The Balaban J connectivity index is 1.61. The standard InChI is InChI=1S/C23H28N2O3/c1-16-11-17(12-21(15-26)23(16)28)5-6-22(27)25-9-7-19(8-10-25)20-4-2-3-18(13-20)14-24/h2-6,11-13,19,26,28H,7-10,14-15,24H2,1H3/b6-5+. The fourth-order valence-corrected chi connectivity index (χ4v) is 3.78. The molecule has 148 valence electrons. The maximum Gasteiger partial charge on any atom is 0.246 e. The zero-order chi connectivity index (χ0) is 20.1. The van der Waals surface area contributed by atoms with Gasteiger partial charge in [-0.2, -0.15) is 0 Å². The second kappa shape index (κ2) is 9.04. The molecule has 0 radical (unpaired) electrons. The number of carbonyl (C=O) groups excluding carboxylic acids is 1. The molecule has 5 heteroatoms. The average Bonchev–Trinajstić information content (AvgIpc) is 2.74. The molecule has 0 aliphatic carbocycles. The van der Waals surface area contributed by atoms with Gasteiger partial charge >= 0.3 is 0 Å². The summed E-state index contributed by atoms with van der Waals surface area (Å²) in [5, 5.41) is 19.2. The number of aliphatic hydroxyl groups excluding tert-OH is 1.